The maximum Gasteiger partial charge on any atom is 0.231 e. The van der Waals surface area contributed by atoms with Crippen molar-refractivity contribution < 1.29 is 14.3 Å². The van der Waals surface area contributed by atoms with Gasteiger partial charge in [-0.3, -0.25) is 9.69 Å². The first-order chi connectivity index (χ1) is 13.4. The minimum absolute atomic E-state index is 0.132. The van der Waals surface area contributed by atoms with Crippen LogP contribution < -0.4 is 9.47 Å². The van der Waals surface area contributed by atoms with Crippen LogP contribution in [0.4, 0.5) is 0 Å². The van der Waals surface area contributed by atoms with E-state index in [1.165, 1.54) is 11.1 Å². The van der Waals surface area contributed by atoms with E-state index in [1.54, 1.807) is 0 Å². The minimum Gasteiger partial charge on any atom is -0.454 e. The molecule has 152 valence electrons. The molecule has 1 amide bonds. The number of carbonyl (C=O) groups is 1. The number of ether oxygens (including phenoxy) is 2. The van der Waals surface area contributed by atoms with Crippen molar-refractivity contribution in [1.82, 2.24) is 9.80 Å². The predicted molar refractivity (Wildman–Crippen MR) is 109 cm³/mol. The summed E-state index contributed by atoms with van der Waals surface area (Å²) < 4.78 is 10.9. The van der Waals surface area contributed by atoms with E-state index >= 15 is 0 Å². The molecule has 5 nitrogen and oxygen atoms in total. The normalized spacial score (nSPS) is 25.5. The summed E-state index contributed by atoms with van der Waals surface area (Å²) in [7, 11) is 0. The second-order valence-electron chi connectivity index (χ2n) is 9.21. The third-order valence-electron chi connectivity index (χ3n) is 6.62. The van der Waals surface area contributed by atoms with E-state index in [-0.39, 0.29) is 11.3 Å². The van der Waals surface area contributed by atoms with Crippen LogP contribution in [0.25, 0.3) is 0 Å². The first kappa shape index (κ1) is 19.3. The molecule has 1 saturated heterocycles. The van der Waals surface area contributed by atoms with Gasteiger partial charge in [0.05, 0.1) is 0 Å². The van der Waals surface area contributed by atoms with Gasteiger partial charge in [0.15, 0.2) is 11.5 Å². The number of carbonyl (C=O) groups excluding carboxylic acids is 1. The van der Waals surface area contributed by atoms with Gasteiger partial charge in [-0.2, -0.15) is 0 Å². The number of hydrogen-bond donors (Lipinski definition) is 0. The van der Waals surface area contributed by atoms with Crippen molar-refractivity contribution in [2.45, 2.75) is 40.7 Å². The molecule has 2 aliphatic heterocycles. The van der Waals surface area contributed by atoms with Gasteiger partial charge >= 0.3 is 0 Å². The number of allylic oxidation sites excluding steroid dienone is 2. The van der Waals surface area contributed by atoms with Crippen LogP contribution in [0.15, 0.2) is 29.8 Å². The summed E-state index contributed by atoms with van der Waals surface area (Å²) in [6.45, 7) is 13.4. The molecule has 0 N–H and O–H groups in total. The average Bonchev–Trinajstić information content (AvgIpc) is 2.99. The molecule has 3 aliphatic rings. The van der Waals surface area contributed by atoms with Gasteiger partial charge in [0.2, 0.25) is 12.7 Å². The van der Waals surface area contributed by atoms with E-state index in [0.717, 1.165) is 50.6 Å². The molecular weight excluding hydrogens is 352 g/mol. The van der Waals surface area contributed by atoms with Gasteiger partial charge in [-0.25, -0.2) is 0 Å². The number of fused-ring (bicyclic) bond motifs is 1. The monoisotopic (exact) mass is 384 g/mol. The molecule has 0 unspecified atom stereocenters. The number of piperazine rings is 1. The van der Waals surface area contributed by atoms with Gasteiger partial charge in [-0.05, 0) is 49.3 Å². The van der Waals surface area contributed by atoms with Crippen molar-refractivity contribution in [3.05, 3.63) is 35.4 Å². The number of rotatable bonds is 5. The van der Waals surface area contributed by atoms with E-state index in [1.807, 2.05) is 6.07 Å². The topological polar surface area (TPSA) is 42.0 Å². The zero-order valence-corrected chi connectivity index (χ0v) is 17.5. The van der Waals surface area contributed by atoms with Crippen LogP contribution in [0.1, 0.15) is 39.7 Å². The van der Waals surface area contributed by atoms with Crippen molar-refractivity contribution in [1.29, 1.82) is 0 Å². The van der Waals surface area contributed by atoms with Crippen LogP contribution in [0.3, 0.4) is 0 Å². The van der Waals surface area contributed by atoms with Crippen LogP contribution in [0, 0.1) is 17.3 Å². The fourth-order valence-electron chi connectivity index (χ4n) is 4.66. The average molecular weight is 385 g/mol. The highest BCUT2D eigenvalue weighted by molar-refractivity contribution is 5.83. The van der Waals surface area contributed by atoms with Gasteiger partial charge in [-0.15, -0.1) is 0 Å². The summed E-state index contributed by atoms with van der Waals surface area (Å²) >= 11 is 0. The lowest BCUT2D eigenvalue weighted by Crippen LogP contribution is -2.49. The van der Waals surface area contributed by atoms with E-state index in [9.17, 15) is 4.79 Å². The molecule has 4 rings (SSSR count). The number of benzene rings is 1. The van der Waals surface area contributed by atoms with Crippen LogP contribution >= 0.6 is 0 Å². The molecule has 1 aliphatic carbocycles. The van der Waals surface area contributed by atoms with Crippen molar-refractivity contribution in [3.8, 4) is 11.5 Å². The highest BCUT2D eigenvalue weighted by Gasteiger charge is 2.61. The Kier molecular flexibility index (Phi) is 5.13. The molecule has 5 heteroatoms. The second kappa shape index (κ2) is 7.43. The zero-order chi connectivity index (χ0) is 19.9. The maximum absolute atomic E-state index is 13.1. The van der Waals surface area contributed by atoms with Crippen molar-refractivity contribution in [3.63, 3.8) is 0 Å². The van der Waals surface area contributed by atoms with Gasteiger partial charge < -0.3 is 14.4 Å². The Morgan fingerprint density at radius 3 is 2.57 bits per heavy atom. The van der Waals surface area contributed by atoms with Crippen molar-refractivity contribution in [2.24, 2.45) is 17.3 Å². The van der Waals surface area contributed by atoms with Crippen LogP contribution in [-0.4, -0.2) is 48.7 Å². The second-order valence-corrected chi connectivity index (χ2v) is 9.21. The Hall–Kier alpha value is -2.01. The molecule has 1 aromatic rings. The Morgan fingerprint density at radius 1 is 1.14 bits per heavy atom. The number of amides is 1. The first-order valence-electron chi connectivity index (χ1n) is 10.4. The summed E-state index contributed by atoms with van der Waals surface area (Å²) in [5.41, 5.74) is 2.70. The summed E-state index contributed by atoms with van der Waals surface area (Å²) in [6.07, 6.45) is 3.30. The molecule has 0 spiro atoms. The molecule has 0 aromatic heterocycles. The summed E-state index contributed by atoms with van der Waals surface area (Å²) in [4.78, 5) is 17.6. The van der Waals surface area contributed by atoms with Crippen LogP contribution in [0.2, 0.25) is 0 Å². The summed E-state index contributed by atoms with van der Waals surface area (Å²) in [5, 5.41) is 0. The highest BCUT2D eigenvalue weighted by Crippen LogP contribution is 2.60. The van der Waals surface area contributed by atoms with Crippen LogP contribution in [0.5, 0.6) is 11.5 Å². The molecule has 0 bridgehead atoms. The molecule has 2 atom stereocenters. The van der Waals surface area contributed by atoms with Crippen LogP contribution in [-0.2, 0) is 11.3 Å². The van der Waals surface area contributed by atoms with Crippen molar-refractivity contribution >= 4 is 5.91 Å². The maximum atomic E-state index is 13.1. The SMILES string of the molecule is CC(C)=CC[C@@H]1[C@@H](C(=O)N2CCN(Cc3ccc4c(c3)OCO4)CC2)C1(C)C. The zero-order valence-electron chi connectivity index (χ0n) is 17.5. The lowest BCUT2D eigenvalue weighted by Gasteiger charge is -2.35. The predicted octanol–water partition coefficient (Wildman–Crippen LogP) is 3.69. The lowest BCUT2D eigenvalue weighted by molar-refractivity contribution is -0.135. The van der Waals surface area contributed by atoms with E-state index in [4.69, 9.17) is 9.47 Å². The highest BCUT2D eigenvalue weighted by atomic mass is 16.7. The van der Waals surface area contributed by atoms with E-state index < -0.39 is 0 Å². The van der Waals surface area contributed by atoms with Gasteiger partial charge in [0, 0.05) is 38.6 Å². The van der Waals surface area contributed by atoms with Crippen molar-refractivity contribution in [2.75, 3.05) is 33.0 Å². The largest absolute Gasteiger partial charge is 0.454 e. The molecule has 28 heavy (non-hydrogen) atoms. The Labute approximate surface area is 168 Å². The van der Waals surface area contributed by atoms with E-state index in [0.29, 0.717) is 18.6 Å². The quantitative estimate of drug-likeness (QED) is 0.726. The number of hydrogen-bond acceptors (Lipinski definition) is 4. The molecule has 2 heterocycles. The molecule has 0 radical (unpaired) electrons. The molecule has 2 fully saturated rings. The van der Waals surface area contributed by atoms with Gasteiger partial charge in [0.25, 0.3) is 0 Å². The Morgan fingerprint density at radius 2 is 1.86 bits per heavy atom. The van der Waals surface area contributed by atoms with Gasteiger partial charge in [0.1, 0.15) is 0 Å². The molecule has 1 aromatic carbocycles. The molecular formula is C23H32N2O3. The summed E-state index contributed by atoms with van der Waals surface area (Å²) in [6, 6.07) is 6.16. The molecule has 1 saturated carbocycles. The fourth-order valence-corrected chi connectivity index (χ4v) is 4.66. The lowest BCUT2D eigenvalue weighted by atomic mass is 10.1. The van der Waals surface area contributed by atoms with Gasteiger partial charge in [-0.1, -0.05) is 31.6 Å². The fraction of sp³-hybridized carbons (Fsp3) is 0.609. The third kappa shape index (κ3) is 3.77. The van der Waals surface area contributed by atoms with E-state index in [2.05, 4.69) is 55.7 Å². The summed E-state index contributed by atoms with van der Waals surface area (Å²) in [5.74, 6) is 2.70. The first-order valence-corrected chi connectivity index (χ1v) is 10.4. The Balaban J connectivity index is 1.29. The smallest absolute Gasteiger partial charge is 0.231 e. The third-order valence-corrected chi connectivity index (χ3v) is 6.62. The Bertz CT molecular complexity index is 774. The number of nitrogens with zero attached hydrogens (tertiary/aromatic N) is 2. The minimum atomic E-state index is 0.132. The standard InChI is InChI=1S/C23H32N2O3/c1-16(2)5-7-18-21(23(18,3)4)22(26)25-11-9-24(10-12-25)14-17-6-8-19-20(13-17)28-15-27-19/h5-6,8,13,18,21H,7,9-12,14-15H2,1-4H3/t18-,21+/m1/s1.